The van der Waals surface area contributed by atoms with Crippen LogP contribution in [0.5, 0.6) is 5.75 Å². The van der Waals surface area contributed by atoms with Gasteiger partial charge in [-0.15, -0.1) is 11.3 Å². The van der Waals surface area contributed by atoms with Crippen molar-refractivity contribution in [3.8, 4) is 5.75 Å². The monoisotopic (exact) mass is 260 g/mol. The zero-order chi connectivity index (χ0) is 12.5. The number of aromatic nitrogens is 1. The molecule has 0 amide bonds. The molecule has 1 heterocycles. The summed E-state index contributed by atoms with van der Waals surface area (Å²) in [6.07, 6.45) is 3.23. The average Bonchev–Trinajstić information content (AvgIpc) is 2.77. The molecule has 0 radical (unpaired) electrons. The molecule has 0 spiro atoms. The van der Waals surface area contributed by atoms with Crippen LogP contribution in [0, 0.1) is 0 Å². The van der Waals surface area contributed by atoms with Crippen molar-refractivity contribution in [1.29, 1.82) is 0 Å². The van der Waals surface area contributed by atoms with Crippen molar-refractivity contribution in [3.63, 3.8) is 0 Å². The van der Waals surface area contributed by atoms with E-state index in [1.165, 1.54) is 16.1 Å². The van der Waals surface area contributed by atoms with Crippen molar-refractivity contribution in [3.05, 3.63) is 40.4 Å². The van der Waals surface area contributed by atoms with E-state index in [4.69, 9.17) is 10.5 Å². The second-order valence-electron chi connectivity index (χ2n) is 4.64. The van der Waals surface area contributed by atoms with E-state index in [0.29, 0.717) is 11.0 Å². The van der Waals surface area contributed by atoms with Crippen LogP contribution < -0.4 is 10.5 Å². The van der Waals surface area contributed by atoms with Crippen LogP contribution in [0.2, 0.25) is 0 Å². The average molecular weight is 260 g/mol. The van der Waals surface area contributed by atoms with E-state index < -0.39 is 0 Å². The van der Waals surface area contributed by atoms with Gasteiger partial charge in [0.25, 0.3) is 0 Å². The molecule has 94 valence electrons. The molecule has 1 aliphatic carbocycles. The Morgan fingerprint density at radius 3 is 3.17 bits per heavy atom. The lowest BCUT2D eigenvalue weighted by Gasteiger charge is -2.21. The van der Waals surface area contributed by atoms with E-state index in [1.54, 1.807) is 18.4 Å². The lowest BCUT2D eigenvalue weighted by atomic mass is 9.85. The van der Waals surface area contributed by atoms with Crippen LogP contribution in [0.15, 0.2) is 24.3 Å². The first-order valence-electron chi connectivity index (χ1n) is 6.14. The highest BCUT2D eigenvalue weighted by Crippen LogP contribution is 2.36. The fourth-order valence-corrected chi connectivity index (χ4v) is 3.53. The van der Waals surface area contributed by atoms with Crippen molar-refractivity contribution < 1.29 is 4.74 Å². The number of nitrogens with zero attached hydrogens (tertiary/aromatic N) is 1. The van der Waals surface area contributed by atoms with Gasteiger partial charge in [0.1, 0.15) is 5.75 Å². The fourth-order valence-electron chi connectivity index (χ4n) is 2.57. The first-order chi connectivity index (χ1) is 8.76. The first kappa shape index (κ1) is 11.5. The highest BCUT2D eigenvalue weighted by molar-refractivity contribution is 7.15. The number of anilines is 1. The minimum absolute atomic E-state index is 0.562. The molecule has 2 N–H and O–H groups in total. The maximum atomic E-state index is 5.78. The standard InChI is InChI=1S/C14H16N2OS/c1-17-11-4-2-3-9(7-11)10-5-6-12-13(8-10)18-14(15)16-12/h2-4,7,10H,5-6,8H2,1H3,(H2,15,16). The maximum Gasteiger partial charge on any atom is 0.180 e. The Bertz CT molecular complexity index is 565. The third-order valence-electron chi connectivity index (χ3n) is 3.52. The van der Waals surface area contributed by atoms with Crippen LogP contribution in [-0.2, 0) is 12.8 Å². The Hall–Kier alpha value is -1.55. The summed E-state index contributed by atoms with van der Waals surface area (Å²) >= 11 is 1.63. The molecule has 2 aromatic rings. The number of methoxy groups -OCH3 is 1. The molecule has 1 aromatic carbocycles. The SMILES string of the molecule is COc1cccc(C2CCc3nc(N)sc3C2)c1. The van der Waals surface area contributed by atoms with Crippen molar-refractivity contribution in [2.75, 3.05) is 12.8 Å². The van der Waals surface area contributed by atoms with Gasteiger partial charge < -0.3 is 10.5 Å². The zero-order valence-corrected chi connectivity index (χ0v) is 11.2. The zero-order valence-electron chi connectivity index (χ0n) is 10.3. The Labute approximate surface area is 111 Å². The number of nitrogens with two attached hydrogens (primary N) is 1. The molecule has 3 nitrogen and oxygen atoms in total. The summed E-state index contributed by atoms with van der Waals surface area (Å²) in [5, 5.41) is 0.700. The molecular weight excluding hydrogens is 244 g/mol. The van der Waals surface area contributed by atoms with Crippen molar-refractivity contribution in [1.82, 2.24) is 4.98 Å². The molecule has 1 aromatic heterocycles. The molecule has 0 saturated carbocycles. The molecule has 18 heavy (non-hydrogen) atoms. The minimum atomic E-state index is 0.562. The molecule has 0 saturated heterocycles. The molecule has 0 aliphatic heterocycles. The van der Waals surface area contributed by atoms with Gasteiger partial charge in [0.05, 0.1) is 12.8 Å². The van der Waals surface area contributed by atoms with E-state index >= 15 is 0 Å². The minimum Gasteiger partial charge on any atom is -0.497 e. The molecule has 1 atom stereocenters. The number of ether oxygens (including phenoxy) is 1. The van der Waals surface area contributed by atoms with Gasteiger partial charge in [0.15, 0.2) is 5.13 Å². The van der Waals surface area contributed by atoms with Crippen LogP contribution in [-0.4, -0.2) is 12.1 Å². The summed E-state index contributed by atoms with van der Waals surface area (Å²) in [4.78, 5) is 5.74. The molecular formula is C14H16N2OS. The lowest BCUT2D eigenvalue weighted by Crippen LogP contribution is -2.11. The highest BCUT2D eigenvalue weighted by Gasteiger charge is 2.23. The van der Waals surface area contributed by atoms with Gasteiger partial charge in [-0.25, -0.2) is 4.98 Å². The van der Waals surface area contributed by atoms with Gasteiger partial charge in [0, 0.05) is 4.88 Å². The highest BCUT2D eigenvalue weighted by atomic mass is 32.1. The van der Waals surface area contributed by atoms with Crippen molar-refractivity contribution >= 4 is 16.5 Å². The van der Waals surface area contributed by atoms with Gasteiger partial charge in [-0.1, -0.05) is 12.1 Å². The number of hydrogen-bond donors (Lipinski definition) is 1. The normalized spacial score (nSPS) is 18.4. The predicted molar refractivity (Wildman–Crippen MR) is 74.3 cm³/mol. The van der Waals surface area contributed by atoms with Crippen LogP contribution in [0.25, 0.3) is 0 Å². The Morgan fingerprint density at radius 1 is 1.44 bits per heavy atom. The van der Waals surface area contributed by atoms with Gasteiger partial charge in [-0.05, 0) is 42.9 Å². The van der Waals surface area contributed by atoms with E-state index in [2.05, 4.69) is 23.2 Å². The van der Waals surface area contributed by atoms with E-state index in [-0.39, 0.29) is 0 Å². The van der Waals surface area contributed by atoms with Gasteiger partial charge in [-0.2, -0.15) is 0 Å². The first-order valence-corrected chi connectivity index (χ1v) is 6.96. The summed E-state index contributed by atoms with van der Waals surface area (Å²) in [5.41, 5.74) is 8.33. The number of rotatable bonds is 2. The third-order valence-corrected chi connectivity index (χ3v) is 4.47. The second kappa shape index (κ2) is 4.61. The van der Waals surface area contributed by atoms with E-state index in [9.17, 15) is 0 Å². The number of fused-ring (bicyclic) bond motifs is 1. The lowest BCUT2D eigenvalue weighted by molar-refractivity contribution is 0.413. The van der Waals surface area contributed by atoms with Gasteiger partial charge >= 0.3 is 0 Å². The van der Waals surface area contributed by atoms with Gasteiger partial charge in [-0.3, -0.25) is 0 Å². The molecule has 0 bridgehead atoms. The smallest absolute Gasteiger partial charge is 0.180 e. The molecule has 0 fully saturated rings. The van der Waals surface area contributed by atoms with Crippen LogP contribution >= 0.6 is 11.3 Å². The molecule has 3 rings (SSSR count). The Kier molecular flexibility index (Phi) is 2.96. The number of benzene rings is 1. The third kappa shape index (κ3) is 2.08. The predicted octanol–water partition coefficient (Wildman–Crippen LogP) is 3.01. The number of aryl methyl sites for hydroxylation is 1. The Morgan fingerprint density at radius 2 is 2.33 bits per heavy atom. The van der Waals surface area contributed by atoms with Gasteiger partial charge in [0.2, 0.25) is 0 Å². The fraction of sp³-hybridized carbons (Fsp3) is 0.357. The molecule has 1 aliphatic rings. The molecule has 1 unspecified atom stereocenters. The van der Waals surface area contributed by atoms with Crippen LogP contribution in [0.4, 0.5) is 5.13 Å². The topological polar surface area (TPSA) is 48.1 Å². The van der Waals surface area contributed by atoms with Crippen LogP contribution in [0.1, 0.15) is 28.5 Å². The summed E-state index contributed by atoms with van der Waals surface area (Å²) in [5.74, 6) is 1.49. The summed E-state index contributed by atoms with van der Waals surface area (Å²) < 4.78 is 5.29. The largest absolute Gasteiger partial charge is 0.497 e. The number of hydrogen-bond acceptors (Lipinski definition) is 4. The quantitative estimate of drug-likeness (QED) is 0.903. The second-order valence-corrected chi connectivity index (χ2v) is 5.75. The summed E-state index contributed by atoms with van der Waals surface area (Å²) in [6.45, 7) is 0. The number of thiazole rings is 1. The summed E-state index contributed by atoms with van der Waals surface area (Å²) in [6, 6.07) is 8.37. The van der Waals surface area contributed by atoms with E-state index in [1.807, 2.05) is 6.07 Å². The maximum absolute atomic E-state index is 5.78. The molecule has 4 heteroatoms. The van der Waals surface area contributed by atoms with Crippen LogP contribution in [0.3, 0.4) is 0 Å². The number of nitrogen functional groups attached to an aromatic ring is 1. The van der Waals surface area contributed by atoms with Crippen molar-refractivity contribution in [2.24, 2.45) is 0 Å². The van der Waals surface area contributed by atoms with E-state index in [0.717, 1.165) is 25.0 Å². The van der Waals surface area contributed by atoms with Crippen molar-refractivity contribution in [2.45, 2.75) is 25.2 Å². The Balaban J connectivity index is 1.86. The summed E-state index contributed by atoms with van der Waals surface area (Å²) in [7, 11) is 1.71.